The molecule has 0 spiro atoms. The van der Waals surface area contributed by atoms with Gasteiger partial charge in [0.05, 0.1) is 13.2 Å². The van der Waals surface area contributed by atoms with E-state index in [9.17, 15) is 19.0 Å². The molecule has 2 atom stereocenters. The van der Waals surface area contributed by atoms with Crippen molar-refractivity contribution in [2.24, 2.45) is 0 Å². The van der Waals surface area contributed by atoms with Crippen LogP contribution in [-0.4, -0.2) is 42.8 Å². The monoisotopic (exact) mass is 777 g/mol. The number of carbonyl (C=O) groups is 2. The van der Waals surface area contributed by atoms with Crippen LogP contribution in [0.4, 0.5) is 0 Å². The number of rotatable bonds is 38. The van der Waals surface area contributed by atoms with Gasteiger partial charge in [-0.25, -0.2) is 4.57 Å². The molecule has 0 aliphatic carbocycles. The van der Waals surface area contributed by atoms with Crippen LogP contribution < -0.4 is 0 Å². The van der Waals surface area contributed by atoms with Gasteiger partial charge >= 0.3 is 19.8 Å². The molecule has 0 aromatic rings. The van der Waals surface area contributed by atoms with E-state index in [1.165, 1.54) is 38.5 Å². The molecule has 2 unspecified atom stereocenters. The van der Waals surface area contributed by atoms with Crippen molar-refractivity contribution in [3.05, 3.63) is 72.9 Å². The lowest BCUT2D eigenvalue weighted by atomic mass is 10.1. The largest absolute Gasteiger partial charge is 0.472 e. The minimum atomic E-state index is -4.29. The maximum Gasteiger partial charge on any atom is 0.472 e. The lowest BCUT2D eigenvalue weighted by molar-refractivity contribution is -0.161. The third-order valence-electron chi connectivity index (χ3n) is 8.51. The zero-order valence-corrected chi connectivity index (χ0v) is 35.2. The number of hydrogen-bond acceptors (Lipinski definition) is 7. The third kappa shape index (κ3) is 39.2. The normalized spacial score (nSPS) is 14.1. The van der Waals surface area contributed by atoms with Gasteiger partial charge in [0.15, 0.2) is 6.10 Å². The van der Waals surface area contributed by atoms with E-state index >= 15 is 0 Å². The number of ether oxygens (including phenoxy) is 2. The van der Waals surface area contributed by atoms with E-state index in [0.717, 1.165) is 96.3 Å². The predicted octanol–water partition coefficient (Wildman–Crippen LogP) is 13.3. The molecular formula is C45H77O8P. The van der Waals surface area contributed by atoms with Crippen LogP contribution in [0.3, 0.4) is 0 Å². The van der Waals surface area contributed by atoms with Gasteiger partial charge in [-0.05, 0) is 84.0 Å². The summed E-state index contributed by atoms with van der Waals surface area (Å²) in [6, 6.07) is 0. The SMILES string of the molecule is CC/C=C\C/C=C\C/C=C\CCCCCCCCCC(=O)OCC(COP(=O)(O)OCC)OC(=O)CCCCCCCCC/C=C\C/C=C\C/C=C\CC. The molecule has 0 fully saturated rings. The van der Waals surface area contributed by atoms with Crippen LogP contribution in [0.15, 0.2) is 72.9 Å². The summed E-state index contributed by atoms with van der Waals surface area (Å²) in [5.74, 6) is -0.826. The standard InChI is InChI=1S/C45H77O8P/c1-4-7-9-11-13-15-17-19-21-23-25-27-29-31-33-35-37-39-44(46)50-41-43(42-52-54(48,49)51-6-3)53-45(47)40-38-36-34-32-30-28-26-24-22-20-18-16-14-12-10-8-5-2/h7-10,13-16,19-22,43H,4-6,11-12,17-18,23-42H2,1-3H3,(H,48,49)/b9-7-,10-8-,15-13-,16-14-,21-19-,22-20-. The van der Waals surface area contributed by atoms with Crippen LogP contribution in [0, 0.1) is 0 Å². The van der Waals surface area contributed by atoms with Gasteiger partial charge < -0.3 is 14.4 Å². The summed E-state index contributed by atoms with van der Waals surface area (Å²) < 4.78 is 32.6. The Labute approximate surface area is 330 Å². The maximum atomic E-state index is 12.6. The van der Waals surface area contributed by atoms with Crippen LogP contribution in [0.1, 0.15) is 175 Å². The smallest absolute Gasteiger partial charge is 0.462 e. The van der Waals surface area contributed by atoms with Crippen molar-refractivity contribution in [3.63, 3.8) is 0 Å². The van der Waals surface area contributed by atoms with Gasteiger partial charge in [0.1, 0.15) is 6.61 Å². The summed E-state index contributed by atoms with van der Waals surface area (Å²) >= 11 is 0. The van der Waals surface area contributed by atoms with E-state index in [1.807, 2.05) is 0 Å². The lowest BCUT2D eigenvalue weighted by Gasteiger charge is -2.19. The number of allylic oxidation sites excluding steroid dienone is 12. The Balaban J connectivity index is 4.13. The molecule has 0 saturated heterocycles. The molecule has 54 heavy (non-hydrogen) atoms. The molecule has 0 aliphatic heterocycles. The number of unbranched alkanes of at least 4 members (excludes halogenated alkanes) is 14. The van der Waals surface area contributed by atoms with Crippen molar-refractivity contribution in [2.45, 2.75) is 181 Å². The Bertz CT molecular complexity index is 1110. The van der Waals surface area contributed by atoms with Gasteiger partial charge in [0.2, 0.25) is 0 Å². The Kier molecular flexibility index (Phi) is 38.3. The lowest BCUT2D eigenvalue weighted by Crippen LogP contribution is -2.29. The first kappa shape index (κ1) is 51.5. The van der Waals surface area contributed by atoms with Crippen LogP contribution in [-0.2, 0) is 32.7 Å². The summed E-state index contributed by atoms with van der Waals surface area (Å²) in [5.41, 5.74) is 0. The average molecular weight is 777 g/mol. The topological polar surface area (TPSA) is 108 Å². The summed E-state index contributed by atoms with van der Waals surface area (Å²) in [5, 5.41) is 0. The van der Waals surface area contributed by atoms with Gasteiger partial charge in [-0.3, -0.25) is 18.6 Å². The highest BCUT2D eigenvalue weighted by atomic mass is 31.2. The highest BCUT2D eigenvalue weighted by Crippen LogP contribution is 2.43. The number of phosphoric ester groups is 1. The number of carbonyl (C=O) groups excluding carboxylic acids is 2. The average Bonchev–Trinajstić information content (AvgIpc) is 3.15. The molecule has 0 rings (SSSR count). The fourth-order valence-electron chi connectivity index (χ4n) is 5.48. The first-order chi connectivity index (χ1) is 26.3. The molecule has 0 aromatic carbocycles. The van der Waals surface area contributed by atoms with Crippen molar-refractivity contribution >= 4 is 19.8 Å². The van der Waals surface area contributed by atoms with E-state index in [-0.39, 0.29) is 32.0 Å². The Morgan fingerprint density at radius 2 is 0.889 bits per heavy atom. The third-order valence-corrected chi connectivity index (χ3v) is 9.57. The van der Waals surface area contributed by atoms with Gasteiger partial charge in [0.25, 0.3) is 0 Å². The predicted molar refractivity (Wildman–Crippen MR) is 225 cm³/mol. The molecule has 9 heteroatoms. The van der Waals surface area contributed by atoms with E-state index < -0.39 is 26.5 Å². The molecule has 1 N–H and O–H groups in total. The minimum Gasteiger partial charge on any atom is -0.462 e. The van der Waals surface area contributed by atoms with Crippen molar-refractivity contribution in [1.29, 1.82) is 0 Å². The zero-order chi connectivity index (χ0) is 39.6. The van der Waals surface area contributed by atoms with Crippen LogP contribution in [0.25, 0.3) is 0 Å². The summed E-state index contributed by atoms with van der Waals surface area (Å²) in [6.45, 7) is 5.22. The molecule has 0 bridgehead atoms. The summed E-state index contributed by atoms with van der Waals surface area (Å²) in [6.07, 6.45) is 49.5. The van der Waals surface area contributed by atoms with E-state index in [0.29, 0.717) is 6.42 Å². The van der Waals surface area contributed by atoms with Gasteiger partial charge in [-0.1, -0.05) is 151 Å². The van der Waals surface area contributed by atoms with Gasteiger partial charge in [0, 0.05) is 12.8 Å². The molecule has 0 aliphatic rings. The fourth-order valence-corrected chi connectivity index (χ4v) is 6.24. The fraction of sp³-hybridized carbons (Fsp3) is 0.689. The van der Waals surface area contributed by atoms with Crippen LogP contribution >= 0.6 is 7.82 Å². The quantitative estimate of drug-likeness (QED) is 0.0286. The Morgan fingerprint density at radius 1 is 0.500 bits per heavy atom. The zero-order valence-electron chi connectivity index (χ0n) is 34.3. The van der Waals surface area contributed by atoms with E-state index in [1.54, 1.807) is 6.92 Å². The molecule has 0 aromatic heterocycles. The van der Waals surface area contributed by atoms with Crippen molar-refractivity contribution in [1.82, 2.24) is 0 Å². The van der Waals surface area contributed by atoms with Crippen LogP contribution in [0.2, 0.25) is 0 Å². The summed E-state index contributed by atoms with van der Waals surface area (Å²) in [7, 11) is -4.29. The minimum absolute atomic E-state index is 0.00708. The number of hydrogen-bond donors (Lipinski definition) is 1. The molecule has 0 radical (unpaired) electrons. The second kappa shape index (κ2) is 40.2. The Hall–Kier alpha value is -2.51. The molecule has 310 valence electrons. The number of phosphoric acid groups is 1. The van der Waals surface area contributed by atoms with Crippen molar-refractivity contribution < 1.29 is 37.6 Å². The highest BCUT2D eigenvalue weighted by Gasteiger charge is 2.25. The molecular weight excluding hydrogens is 699 g/mol. The van der Waals surface area contributed by atoms with Gasteiger partial charge in [-0.15, -0.1) is 0 Å². The molecule has 0 saturated carbocycles. The maximum absolute atomic E-state index is 12.6. The first-order valence-electron chi connectivity index (χ1n) is 21.2. The second-order valence-corrected chi connectivity index (χ2v) is 15.0. The Morgan fingerprint density at radius 3 is 1.33 bits per heavy atom. The molecule has 8 nitrogen and oxygen atoms in total. The number of esters is 2. The van der Waals surface area contributed by atoms with E-state index in [4.69, 9.17) is 18.5 Å². The van der Waals surface area contributed by atoms with Crippen molar-refractivity contribution in [3.8, 4) is 0 Å². The highest BCUT2D eigenvalue weighted by molar-refractivity contribution is 7.47. The van der Waals surface area contributed by atoms with E-state index in [2.05, 4.69) is 86.8 Å². The summed E-state index contributed by atoms with van der Waals surface area (Å²) in [4.78, 5) is 34.7. The van der Waals surface area contributed by atoms with Crippen molar-refractivity contribution in [2.75, 3.05) is 19.8 Å². The van der Waals surface area contributed by atoms with Gasteiger partial charge in [-0.2, -0.15) is 0 Å². The second-order valence-electron chi connectivity index (χ2n) is 13.6. The molecule has 0 heterocycles. The molecule has 0 amide bonds. The first-order valence-corrected chi connectivity index (χ1v) is 22.7. The van der Waals surface area contributed by atoms with Crippen LogP contribution in [0.5, 0.6) is 0 Å².